The summed E-state index contributed by atoms with van der Waals surface area (Å²) in [5.41, 5.74) is 1.75. The van der Waals surface area contributed by atoms with Crippen LogP contribution >= 0.6 is 11.3 Å². The van der Waals surface area contributed by atoms with Crippen LogP contribution in [-0.2, 0) is 6.54 Å². The van der Waals surface area contributed by atoms with Crippen molar-refractivity contribution in [2.45, 2.75) is 19.9 Å². The maximum absolute atomic E-state index is 12.4. The van der Waals surface area contributed by atoms with Crippen LogP contribution < -0.4 is 10.9 Å². The summed E-state index contributed by atoms with van der Waals surface area (Å²) in [4.78, 5) is 21.1. The molecule has 0 amide bonds. The average Bonchev–Trinajstić information content (AvgIpc) is 2.98. The molecule has 108 valence electrons. The van der Waals surface area contributed by atoms with Gasteiger partial charge in [-0.3, -0.25) is 9.36 Å². The van der Waals surface area contributed by atoms with Crippen LogP contribution in [0.15, 0.2) is 40.9 Å². The van der Waals surface area contributed by atoms with Gasteiger partial charge in [-0.1, -0.05) is 13.0 Å². The molecular formula is C15H16N4OS. The van der Waals surface area contributed by atoms with Crippen molar-refractivity contribution in [3.05, 3.63) is 52.0 Å². The Bertz CT molecular complexity index is 809. The molecule has 0 atom stereocenters. The standard InChI is InChI=1S/C15H16N4OS/c1-2-6-16-14-11(4-3-7-17-14)9-19-10-18-12-5-8-21-13(12)15(19)20/h3-5,7-8,10H,2,6,9H2,1H3,(H,16,17). The van der Waals surface area contributed by atoms with Crippen molar-refractivity contribution in [2.75, 3.05) is 11.9 Å². The van der Waals surface area contributed by atoms with E-state index in [1.807, 2.05) is 23.6 Å². The number of thiophene rings is 1. The first-order chi connectivity index (χ1) is 10.3. The Morgan fingerprint density at radius 1 is 1.33 bits per heavy atom. The third-order valence-corrected chi connectivity index (χ3v) is 4.10. The number of rotatable bonds is 5. The van der Waals surface area contributed by atoms with E-state index in [9.17, 15) is 4.79 Å². The molecule has 3 aromatic heterocycles. The maximum Gasteiger partial charge on any atom is 0.271 e. The number of nitrogens with one attached hydrogen (secondary N) is 1. The van der Waals surface area contributed by atoms with Gasteiger partial charge in [0.05, 0.1) is 18.4 Å². The molecule has 0 bridgehead atoms. The molecule has 0 radical (unpaired) electrons. The molecule has 3 rings (SSSR count). The lowest BCUT2D eigenvalue weighted by Crippen LogP contribution is -2.21. The molecule has 0 aromatic carbocycles. The molecule has 0 fully saturated rings. The molecular weight excluding hydrogens is 284 g/mol. The minimum atomic E-state index is 0.000273. The van der Waals surface area contributed by atoms with E-state index in [1.54, 1.807) is 17.1 Å². The molecule has 21 heavy (non-hydrogen) atoms. The van der Waals surface area contributed by atoms with Gasteiger partial charge in [-0.15, -0.1) is 11.3 Å². The summed E-state index contributed by atoms with van der Waals surface area (Å²) in [5, 5.41) is 5.18. The normalized spacial score (nSPS) is 10.9. The highest BCUT2D eigenvalue weighted by molar-refractivity contribution is 7.17. The zero-order chi connectivity index (χ0) is 14.7. The largest absolute Gasteiger partial charge is 0.370 e. The van der Waals surface area contributed by atoms with Gasteiger partial charge < -0.3 is 5.32 Å². The highest BCUT2D eigenvalue weighted by Gasteiger charge is 2.08. The first-order valence-electron chi connectivity index (χ1n) is 6.90. The van der Waals surface area contributed by atoms with Gasteiger partial charge in [0.1, 0.15) is 10.5 Å². The van der Waals surface area contributed by atoms with Gasteiger partial charge in [-0.2, -0.15) is 0 Å². The van der Waals surface area contributed by atoms with E-state index in [1.165, 1.54) is 11.3 Å². The minimum absolute atomic E-state index is 0.000273. The Hall–Kier alpha value is -2.21. The van der Waals surface area contributed by atoms with Gasteiger partial charge in [0.15, 0.2) is 0 Å². The molecule has 0 unspecified atom stereocenters. The predicted octanol–water partition coefficient (Wildman–Crippen LogP) is 2.72. The molecule has 3 aromatic rings. The molecule has 1 N–H and O–H groups in total. The van der Waals surface area contributed by atoms with E-state index >= 15 is 0 Å². The second kappa shape index (κ2) is 6.05. The SMILES string of the molecule is CCCNc1ncccc1Cn1cnc2ccsc2c1=O. The van der Waals surface area contributed by atoms with Crippen LogP contribution in [0.3, 0.4) is 0 Å². The highest BCUT2D eigenvalue weighted by atomic mass is 32.1. The van der Waals surface area contributed by atoms with Crippen LogP contribution in [0.5, 0.6) is 0 Å². The highest BCUT2D eigenvalue weighted by Crippen LogP contribution is 2.15. The zero-order valence-electron chi connectivity index (χ0n) is 11.7. The fraction of sp³-hybridized carbons (Fsp3) is 0.267. The number of hydrogen-bond donors (Lipinski definition) is 1. The second-order valence-electron chi connectivity index (χ2n) is 4.75. The van der Waals surface area contributed by atoms with Crippen molar-refractivity contribution in [1.82, 2.24) is 14.5 Å². The first kappa shape index (κ1) is 13.8. The lowest BCUT2D eigenvalue weighted by molar-refractivity contribution is 0.747. The van der Waals surface area contributed by atoms with Gasteiger partial charge in [0.2, 0.25) is 0 Å². The quantitative estimate of drug-likeness (QED) is 0.787. The van der Waals surface area contributed by atoms with Gasteiger partial charge in [0, 0.05) is 18.3 Å². The second-order valence-corrected chi connectivity index (χ2v) is 5.67. The average molecular weight is 300 g/mol. The van der Waals surface area contributed by atoms with Crippen molar-refractivity contribution < 1.29 is 0 Å². The van der Waals surface area contributed by atoms with Gasteiger partial charge >= 0.3 is 0 Å². The number of pyridine rings is 1. The lowest BCUT2D eigenvalue weighted by atomic mass is 10.2. The van der Waals surface area contributed by atoms with Crippen LogP contribution in [0.25, 0.3) is 10.2 Å². The van der Waals surface area contributed by atoms with Crippen LogP contribution in [0, 0.1) is 0 Å². The summed E-state index contributed by atoms with van der Waals surface area (Å²) < 4.78 is 2.33. The number of aromatic nitrogens is 3. The third-order valence-electron chi connectivity index (χ3n) is 3.21. The summed E-state index contributed by atoms with van der Waals surface area (Å²) in [7, 11) is 0. The van der Waals surface area contributed by atoms with Gasteiger partial charge in [-0.25, -0.2) is 9.97 Å². The molecule has 0 aliphatic carbocycles. The zero-order valence-corrected chi connectivity index (χ0v) is 12.6. The molecule has 5 nitrogen and oxygen atoms in total. The van der Waals surface area contributed by atoms with E-state index in [4.69, 9.17) is 0 Å². The fourth-order valence-corrected chi connectivity index (χ4v) is 2.94. The third kappa shape index (κ3) is 2.80. The number of hydrogen-bond acceptors (Lipinski definition) is 5. The van der Waals surface area contributed by atoms with Gasteiger partial charge in [0.25, 0.3) is 5.56 Å². The maximum atomic E-state index is 12.4. The Labute approximate surface area is 126 Å². The van der Waals surface area contributed by atoms with Crippen molar-refractivity contribution >= 4 is 27.4 Å². The summed E-state index contributed by atoms with van der Waals surface area (Å²) >= 11 is 1.43. The Morgan fingerprint density at radius 3 is 3.10 bits per heavy atom. The van der Waals surface area contributed by atoms with E-state index in [-0.39, 0.29) is 5.56 Å². The fourth-order valence-electron chi connectivity index (χ4n) is 2.14. The molecule has 0 aliphatic rings. The molecule has 0 saturated heterocycles. The molecule has 3 heterocycles. The van der Waals surface area contributed by atoms with Crippen molar-refractivity contribution in [1.29, 1.82) is 0 Å². The van der Waals surface area contributed by atoms with E-state index < -0.39 is 0 Å². The molecule has 0 saturated carbocycles. The lowest BCUT2D eigenvalue weighted by Gasteiger charge is -2.11. The first-order valence-corrected chi connectivity index (χ1v) is 7.78. The molecule has 6 heteroatoms. The Morgan fingerprint density at radius 2 is 2.24 bits per heavy atom. The Balaban J connectivity index is 1.95. The molecule has 0 aliphatic heterocycles. The topological polar surface area (TPSA) is 59.8 Å². The van der Waals surface area contributed by atoms with Crippen LogP contribution in [0.2, 0.25) is 0 Å². The van der Waals surface area contributed by atoms with E-state index in [0.717, 1.165) is 29.9 Å². The van der Waals surface area contributed by atoms with Crippen LogP contribution in [0.4, 0.5) is 5.82 Å². The summed E-state index contributed by atoms with van der Waals surface area (Å²) in [6, 6.07) is 5.73. The van der Waals surface area contributed by atoms with Crippen LogP contribution in [0.1, 0.15) is 18.9 Å². The van der Waals surface area contributed by atoms with Crippen LogP contribution in [-0.4, -0.2) is 21.1 Å². The summed E-state index contributed by atoms with van der Waals surface area (Å²) in [5.74, 6) is 0.831. The number of anilines is 1. The number of fused-ring (bicyclic) bond motifs is 1. The van der Waals surface area contributed by atoms with Gasteiger partial charge in [-0.05, 0) is 23.9 Å². The monoisotopic (exact) mass is 300 g/mol. The summed E-state index contributed by atoms with van der Waals surface area (Å²) in [6.45, 7) is 3.44. The van der Waals surface area contributed by atoms with Crippen molar-refractivity contribution in [3.8, 4) is 0 Å². The predicted molar refractivity (Wildman–Crippen MR) is 86.0 cm³/mol. The van der Waals surface area contributed by atoms with Crippen molar-refractivity contribution in [2.24, 2.45) is 0 Å². The Kier molecular flexibility index (Phi) is 3.96. The minimum Gasteiger partial charge on any atom is -0.370 e. The number of nitrogens with zero attached hydrogens (tertiary/aromatic N) is 3. The van der Waals surface area contributed by atoms with E-state index in [2.05, 4.69) is 22.2 Å². The summed E-state index contributed by atoms with van der Waals surface area (Å²) in [6.07, 6.45) is 4.39. The molecule has 0 spiro atoms. The van der Waals surface area contributed by atoms with E-state index in [0.29, 0.717) is 11.2 Å². The smallest absolute Gasteiger partial charge is 0.271 e. The van der Waals surface area contributed by atoms with Crippen molar-refractivity contribution in [3.63, 3.8) is 0 Å².